The van der Waals surface area contributed by atoms with Crippen LogP contribution >= 0.6 is 23.2 Å². The molecule has 39 heavy (non-hydrogen) atoms. The summed E-state index contributed by atoms with van der Waals surface area (Å²) in [5, 5.41) is 19.7. The van der Waals surface area contributed by atoms with E-state index in [2.05, 4.69) is 15.1 Å². The second-order valence-corrected chi connectivity index (χ2v) is 11.4. The minimum absolute atomic E-state index is 0.0348. The van der Waals surface area contributed by atoms with Gasteiger partial charge in [-0.3, -0.25) is 4.79 Å². The number of halogens is 2. The number of phenols is 1. The first-order chi connectivity index (χ1) is 18.4. The smallest absolute Gasteiger partial charge is 0.264 e. The van der Waals surface area contributed by atoms with Gasteiger partial charge in [0.15, 0.2) is 11.5 Å². The molecule has 0 radical (unpaired) electrons. The van der Waals surface area contributed by atoms with Crippen LogP contribution in [0, 0.1) is 0 Å². The maximum absolute atomic E-state index is 13.2. The predicted octanol–water partition coefficient (Wildman–Crippen LogP) is 4.09. The molecule has 2 aromatic heterocycles. The minimum Gasteiger partial charge on any atom is -0.508 e. The van der Waals surface area contributed by atoms with Gasteiger partial charge < -0.3 is 15.0 Å². The molecule has 0 aliphatic rings. The molecule has 0 aliphatic carbocycles. The number of H-pyrrole nitrogens is 1. The predicted molar refractivity (Wildman–Crippen MR) is 152 cm³/mol. The number of nitrogens with zero attached hydrogens (tertiary/aromatic N) is 4. The van der Waals surface area contributed by atoms with Crippen LogP contribution in [-0.2, 0) is 16.4 Å². The number of sulfonamides is 1. The number of hydrogen-bond donors (Lipinski definition) is 3. The van der Waals surface area contributed by atoms with Crippen molar-refractivity contribution in [2.45, 2.75) is 11.3 Å². The lowest BCUT2D eigenvalue weighted by Gasteiger charge is -2.11. The van der Waals surface area contributed by atoms with Gasteiger partial charge in [0, 0.05) is 20.5 Å². The van der Waals surface area contributed by atoms with E-state index in [4.69, 9.17) is 28.3 Å². The number of phenolic OH excluding ortho intramolecular Hbond substituents is 1. The molecule has 3 aromatic carbocycles. The summed E-state index contributed by atoms with van der Waals surface area (Å²) in [5.41, 5.74) is 2.62. The first-order valence-corrected chi connectivity index (χ1v) is 13.8. The van der Waals surface area contributed by atoms with Gasteiger partial charge in [-0.25, -0.2) is 23.2 Å². The molecule has 0 saturated carbocycles. The molecule has 5 aromatic rings. The summed E-state index contributed by atoms with van der Waals surface area (Å²) in [6.45, 7) is 0. The molecule has 0 fully saturated rings. The maximum atomic E-state index is 13.2. The van der Waals surface area contributed by atoms with E-state index in [1.54, 1.807) is 37.2 Å². The molecule has 4 N–H and O–H groups in total. The number of rotatable bonds is 6. The Hall–Kier alpha value is -3.90. The SMILES string of the molecule is CN(C)c1nn(-c2c(Cl)cc(S(N)(=O)=O)cc2Cl)c2nc(Cc3ccc(-c4cccc(O)c4)cc3)[nH]c(=O)c12. The Bertz CT molecular complexity index is 1880. The summed E-state index contributed by atoms with van der Waals surface area (Å²) in [7, 11) is -0.612. The number of aromatic amines is 1. The van der Waals surface area contributed by atoms with E-state index in [0.717, 1.165) is 16.7 Å². The van der Waals surface area contributed by atoms with Crippen LogP contribution in [0.4, 0.5) is 5.82 Å². The molecule has 0 bridgehead atoms. The number of benzene rings is 3. The number of hydrogen-bond acceptors (Lipinski definition) is 7. The number of primary sulfonamides is 1. The quantitative estimate of drug-likeness (QED) is 0.272. The Morgan fingerprint density at radius 2 is 1.69 bits per heavy atom. The summed E-state index contributed by atoms with van der Waals surface area (Å²) in [6.07, 6.45) is 0.305. The lowest BCUT2D eigenvalue weighted by Crippen LogP contribution is -2.16. The molecule has 0 unspecified atom stereocenters. The first-order valence-electron chi connectivity index (χ1n) is 11.5. The minimum atomic E-state index is -4.06. The molecule has 0 aliphatic heterocycles. The van der Waals surface area contributed by atoms with Crippen molar-refractivity contribution in [1.29, 1.82) is 0 Å². The van der Waals surface area contributed by atoms with Crippen LogP contribution in [0.5, 0.6) is 5.75 Å². The molecule has 200 valence electrons. The fraction of sp³-hybridized carbons (Fsp3) is 0.115. The van der Waals surface area contributed by atoms with Gasteiger partial charge in [-0.05, 0) is 41.0 Å². The number of nitrogens with one attached hydrogen (secondary N) is 1. The molecule has 2 heterocycles. The van der Waals surface area contributed by atoms with Gasteiger partial charge in [-0.1, -0.05) is 59.6 Å². The van der Waals surface area contributed by atoms with E-state index in [1.807, 2.05) is 30.3 Å². The third-order valence-electron chi connectivity index (χ3n) is 6.03. The number of nitrogens with two attached hydrogens (primary N) is 1. The number of anilines is 1. The summed E-state index contributed by atoms with van der Waals surface area (Å²) in [5.74, 6) is 0.876. The van der Waals surface area contributed by atoms with E-state index in [1.165, 1.54) is 16.8 Å². The van der Waals surface area contributed by atoms with E-state index in [9.17, 15) is 18.3 Å². The summed E-state index contributed by atoms with van der Waals surface area (Å²) in [6, 6.07) is 17.0. The molecule has 5 rings (SSSR count). The van der Waals surface area contributed by atoms with Gasteiger partial charge in [-0.2, -0.15) is 0 Å². The van der Waals surface area contributed by atoms with Gasteiger partial charge in [0.2, 0.25) is 10.0 Å². The van der Waals surface area contributed by atoms with Crippen LogP contribution in [0.2, 0.25) is 10.0 Å². The zero-order valence-electron chi connectivity index (χ0n) is 20.7. The summed E-state index contributed by atoms with van der Waals surface area (Å²) in [4.78, 5) is 22.1. The van der Waals surface area contributed by atoms with E-state index in [-0.39, 0.29) is 37.4 Å². The molecular weight excluding hydrogens is 563 g/mol. The highest BCUT2D eigenvalue weighted by molar-refractivity contribution is 7.89. The fourth-order valence-electron chi connectivity index (χ4n) is 4.21. The average molecular weight is 585 g/mol. The Balaban J connectivity index is 1.60. The largest absolute Gasteiger partial charge is 0.508 e. The highest BCUT2D eigenvalue weighted by Crippen LogP contribution is 2.34. The average Bonchev–Trinajstić information content (AvgIpc) is 3.23. The van der Waals surface area contributed by atoms with Crippen molar-refractivity contribution in [1.82, 2.24) is 19.7 Å². The van der Waals surface area contributed by atoms with Gasteiger partial charge in [-0.15, -0.1) is 5.10 Å². The Labute approximate surface area is 233 Å². The first kappa shape index (κ1) is 26.7. The van der Waals surface area contributed by atoms with Crippen LogP contribution < -0.4 is 15.6 Å². The molecule has 10 nitrogen and oxygen atoms in total. The third kappa shape index (κ3) is 5.21. The van der Waals surface area contributed by atoms with Gasteiger partial charge in [0.05, 0.1) is 14.9 Å². The topological polar surface area (TPSA) is 147 Å². The van der Waals surface area contributed by atoms with Crippen molar-refractivity contribution in [3.05, 3.63) is 92.5 Å². The van der Waals surface area contributed by atoms with Crippen molar-refractivity contribution in [3.63, 3.8) is 0 Å². The fourth-order valence-corrected chi connectivity index (χ4v) is 5.55. The van der Waals surface area contributed by atoms with Crippen molar-refractivity contribution in [2.75, 3.05) is 19.0 Å². The summed E-state index contributed by atoms with van der Waals surface area (Å²) >= 11 is 12.9. The van der Waals surface area contributed by atoms with Gasteiger partial charge in [0.25, 0.3) is 5.56 Å². The van der Waals surface area contributed by atoms with Gasteiger partial charge >= 0.3 is 0 Å². The van der Waals surface area contributed by atoms with Crippen LogP contribution in [0.3, 0.4) is 0 Å². The number of aromatic nitrogens is 4. The molecule has 0 saturated heterocycles. The zero-order chi connectivity index (χ0) is 28.1. The molecule has 0 spiro atoms. The monoisotopic (exact) mass is 584 g/mol. The Morgan fingerprint density at radius 1 is 1.03 bits per heavy atom. The van der Waals surface area contributed by atoms with Crippen molar-refractivity contribution >= 4 is 50.1 Å². The zero-order valence-corrected chi connectivity index (χ0v) is 23.0. The van der Waals surface area contributed by atoms with Crippen molar-refractivity contribution in [3.8, 4) is 22.6 Å². The molecule has 0 atom stereocenters. The van der Waals surface area contributed by atoms with Crippen LogP contribution in [-0.4, -0.2) is 47.4 Å². The third-order valence-corrected chi connectivity index (χ3v) is 7.50. The standard InChI is InChI=1S/C26H22Cl2N6O4S/c1-33(2)25-22-24(34(32-25)23-19(27)12-18(13-20(23)28)39(29,37)38)30-21(31-26(22)36)10-14-6-8-15(9-7-14)16-4-3-5-17(35)11-16/h3-9,11-13,35H,10H2,1-2H3,(H2,29,37,38)(H,30,31,36). The second kappa shape index (κ2) is 10.0. The van der Waals surface area contributed by atoms with Gasteiger partial charge in [0.1, 0.15) is 22.6 Å². The summed E-state index contributed by atoms with van der Waals surface area (Å²) < 4.78 is 25.0. The van der Waals surface area contributed by atoms with Crippen molar-refractivity contribution < 1.29 is 13.5 Å². The van der Waals surface area contributed by atoms with Crippen molar-refractivity contribution in [2.24, 2.45) is 5.14 Å². The lowest BCUT2D eigenvalue weighted by molar-refractivity contribution is 0.475. The maximum Gasteiger partial charge on any atom is 0.264 e. The number of fused-ring (bicyclic) bond motifs is 1. The van der Waals surface area contributed by atoms with Crippen LogP contribution in [0.15, 0.2) is 70.4 Å². The Kier molecular flexibility index (Phi) is 6.85. The second-order valence-electron chi connectivity index (χ2n) is 9.05. The normalized spacial score (nSPS) is 11.7. The number of aromatic hydroxyl groups is 1. The van der Waals surface area contributed by atoms with Crippen LogP contribution in [0.1, 0.15) is 11.4 Å². The van der Waals surface area contributed by atoms with E-state index >= 15 is 0 Å². The molecule has 0 amide bonds. The van der Waals surface area contributed by atoms with Crippen LogP contribution in [0.25, 0.3) is 27.8 Å². The molecular formula is C26H22Cl2N6O4S. The Morgan fingerprint density at radius 3 is 2.28 bits per heavy atom. The highest BCUT2D eigenvalue weighted by atomic mass is 35.5. The molecule has 13 heteroatoms. The van der Waals surface area contributed by atoms with E-state index < -0.39 is 15.6 Å². The highest BCUT2D eigenvalue weighted by Gasteiger charge is 2.24. The lowest BCUT2D eigenvalue weighted by atomic mass is 10.0. The van der Waals surface area contributed by atoms with E-state index in [0.29, 0.717) is 18.1 Å².